The number of aromatic nitrogens is 4. The Labute approximate surface area is 152 Å². The first-order valence-electron chi connectivity index (χ1n) is 8.43. The zero-order chi connectivity index (χ0) is 19.1. The molecule has 10 heteroatoms. The molecule has 1 aromatic carbocycles. The first-order valence-corrected chi connectivity index (χ1v) is 8.43. The number of nitrogens with zero attached hydrogens (tertiary/aromatic N) is 4. The van der Waals surface area contributed by atoms with E-state index in [9.17, 15) is 13.2 Å². The van der Waals surface area contributed by atoms with E-state index < -0.39 is 17.3 Å². The van der Waals surface area contributed by atoms with Gasteiger partial charge in [-0.1, -0.05) is 6.07 Å². The third-order valence-electron chi connectivity index (χ3n) is 4.72. The summed E-state index contributed by atoms with van der Waals surface area (Å²) in [6.07, 6.45) is -0.678. The normalized spacial score (nSPS) is 20.4. The zero-order valence-electron chi connectivity index (χ0n) is 14.3. The lowest BCUT2D eigenvalue weighted by atomic mass is 10.00. The molecule has 0 radical (unpaired) electrons. The van der Waals surface area contributed by atoms with Crippen molar-refractivity contribution in [2.45, 2.75) is 18.1 Å². The molecule has 7 nitrogen and oxygen atoms in total. The third-order valence-corrected chi connectivity index (χ3v) is 4.72. The van der Waals surface area contributed by atoms with Gasteiger partial charge in [-0.05, 0) is 24.6 Å². The summed E-state index contributed by atoms with van der Waals surface area (Å²) >= 11 is 0. The number of hydrogen-bond acceptors (Lipinski definition) is 6. The molecule has 1 fully saturated rings. The van der Waals surface area contributed by atoms with E-state index >= 15 is 0 Å². The van der Waals surface area contributed by atoms with Crippen molar-refractivity contribution < 1.29 is 13.2 Å². The molecule has 4 rings (SSSR count). The minimum atomic E-state index is -4.37. The first kappa shape index (κ1) is 17.5. The van der Waals surface area contributed by atoms with Gasteiger partial charge in [0.15, 0.2) is 11.5 Å². The lowest BCUT2D eigenvalue weighted by Crippen LogP contribution is -2.48. The molecule has 1 unspecified atom stereocenters. The topological polar surface area (TPSA) is 95.8 Å². The van der Waals surface area contributed by atoms with Crippen molar-refractivity contribution in [2.75, 3.05) is 29.9 Å². The van der Waals surface area contributed by atoms with Gasteiger partial charge in [-0.15, -0.1) is 0 Å². The zero-order valence-corrected chi connectivity index (χ0v) is 14.3. The Morgan fingerprint density at radius 3 is 2.93 bits per heavy atom. The Hall–Kier alpha value is -2.88. The number of nitrogens with one attached hydrogen (secondary N) is 2. The molecule has 3 aromatic rings. The second-order valence-electron chi connectivity index (χ2n) is 6.76. The Balaban J connectivity index is 1.46. The van der Waals surface area contributed by atoms with Crippen LogP contribution in [0, 0.1) is 0 Å². The van der Waals surface area contributed by atoms with E-state index in [0.717, 1.165) is 23.5 Å². The van der Waals surface area contributed by atoms with Crippen LogP contribution in [-0.4, -0.2) is 45.1 Å². The van der Waals surface area contributed by atoms with Gasteiger partial charge in [0.25, 0.3) is 0 Å². The molecule has 4 N–H and O–H groups in total. The number of imidazole rings is 1. The summed E-state index contributed by atoms with van der Waals surface area (Å²) < 4.78 is 38.5. The van der Waals surface area contributed by atoms with Crippen molar-refractivity contribution in [1.82, 2.24) is 19.9 Å². The fourth-order valence-corrected chi connectivity index (χ4v) is 3.30. The fraction of sp³-hybridized carbons (Fsp3) is 0.353. The predicted octanol–water partition coefficient (Wildman–Crippen LogP) is 2.39. The molecule has 2 aromatic heterocycles. The van der Waals surface area contributed by atoms with E-state index in [2.05, 4.69) is 25.3 Å². The van der Waals surface area contributed by atoms with Crippen molar-refractivity contribution in [3.63, 3.8) is 0 Å². The van der Waals surface area contributed by atoms with Crippen LogP contribution in [-0.2, 0) is 6.18 Å². The number of H-pyrrole nitrogens is 1. The summed E-state index contributed by atoms with van der Waals surface area (Å²) in [4.78, 5) is 17.6. The van der Waals surface area contributed by atoms with Gasteiger partial charge in [0.2, 0.25) is 0 Å². The molecule has 1 saturated heterocycles. The van der Waals surface area contributed by atoms with Crippen LogP contribution >= 0.6 is 0 Å². The number of aromatic amines is 1. The average molecular weight is 377 g/mol. The molecular weight excluding hydrogens is 359 g/mol. The fourth-order valence-electron chi connectivity index (χ4n) is 3.30. The highest BCUT2D eigenvalue weighted by molar-refractivity contribution is 5.82. The predicted molar refractivity (Wildman–Crippen MR) is 95.4 cm³/mol. The number of halogens is 3. The average Bonchev–Trinajstić information content (AvgIpc) is 3.26. The van der Waals surface area contributed by atoms with Gasteiger partial charge in [-0.25, -0.2) is 15.0 Å². The minimum Gasteiger partial charge on any atom is -0.383 e. The number of rotatable bonds is 4. The van der Waals surface area contributed by atoms with Crippen molar-refractivity contribution in [1.29, 1.82) is 0 Å². The number of benzene rings is 1. The van der Waals surface area contributed by atoms with E-state index in [0.29, 0.717) is 37.4 Å². The van der Waals surface area contributed by atoms with Crippen LogP contribution in [0.1, 0.15) is 12.0 Å². The first-order chi connectivity index (χ1) is 12.8. The number of hydrogen-bond donors (Lipinski definition) is 3. The SMILES string of the molecule is NC1(CNc2cccc(C(F)(F)F)c2)CCN(c2ncnc3nc[nH]c23)C1. The van der Waals surface area contributed by atoms with Crippen LogP contribution in [0.3, 0.4) is 0 Å². The standard InChI is InChI=1S/C17H18F3N7/c18-17(19,20)11-2-1-3-12(6-11)22-7-16(21)4-5-27(8-16)15-13-14(24-9-23-13)25-10-26-15/h1-3,6,9-10,22H,4-5,7-8,21H2,(H,23,24,25,26). The molecule has 0 spiro atoms. The van der Waals surface area contributed by atoms with Crippen LogP contribution in [0.5, 0.6) is 0 Å². The van der Waals surface area contributed by atoms with Crippen LogP contribution in [0.15, 0.2) is 36.9 Å². The Morgan fingerprint density at radius 2 is 2.11 bits per heavy atom. The molecule has 0 bridgehead atoms. The lowest BCUT2D eigenvalue weighted by molar-refractivity contribution is -0.137. The molecule has 0 amide bonds. The van der Waals surface area contributed by atoms with Crippen LogP contribution in [0.25, 0.3) is 11.2 Å². The van der Waals surface area contributed by atoms with Crippen molar-refractivity contribution >= 4 is 22.7 Å². The Kier molecular flexibility index (Phi) is 4.14. The number of nitrogens with two attached hydrogens (primary N) is 1. The lowest BCUT2D eigenvalue weighted by Gasteiger charge is -2.26. The van der Waals surface area contributed by atoms with Gasteiger partial charge in [-0.2, -0.15) is 13.2 Å². The molecule has 1 aliphatic heterocycles. The van der Waals surface area contributed by atoms with Gasteiger partial charge in [0, 0.05) is 25.3 Å². The van der Waals surface area contributed by atoms with Crippen molar-refractivity contribution in [2.24, 2.45) is 5.73 Å². The number of anilines is 2. The summed E-state index contributed by atoms with van der Waals surface area (Å²) in [6, 6.07) is 5.12. The van der Waals surface area contributed by atoms with E-state index in [4.69, 9.17) is 5.73 Å². The largest absolute Gasteiger partial charge is 0.416 e. The molecule has 0 saturated carbocycles. The summed E-state index contributed by atoms with van der Waals surface area (Å²) in [5, 5.41) is 3.04. The quantitative estimate of drug-likeness (QED) is 0.646. The van der Waals surface area contributed by atoms with Gasteiger partial charge >= 0.3 is 6.18 Å². The van der Waals surface area contributed by atoms with Crippen LogP contribution in [0.2, 0.25) is 0 Å². The highest BCUT2D eigenvalue weighted by Gasteiger charge is 2.36. The van der Waals surface area contributed by atoms with E-state index in [1.165, 1.54) is 12.4 Å². The molecule has 142 valence electrons. The maximum Gasteiger partial charge on any atom is 0.416 e. The third kappa shape index (κ3) is 3.52. The molecule has 0 aliphatic carbocycles. The van der Waals surface area contributed by atoms with Crippen molar-refractivity contribution in [3.8, 4) is 0 Å². The number of fused-ring (bicyclic) bond motifs is 1. The second kappa shape index (κ2) is 6.38. The van der Waals surface area contributed by atoms with Gasteiger partial charge in [0.05, 0.1) is 17.4 Å². The summed E-state index contributed by atoms with van der Waals surface area (Å²) in [5.74, 6) is 0.726. The molecule has 1 atom stereocenters. The van der Waals surface area contributed by atoms with Gasteiger partial charge in [-0.3, -0.25) is 0 Å². The second-order valence-corrected chi connectivity index (χ2v) is 6.76. The maximum absolute atomic E-state index is 12.8. The summed E-state index contributed by atoms with van der Waals surface area (Å²) in [7, 11) is 0. The molecule has 1 aliphatic rings. The van der Waals surface area contributed by atoms with Crippen molar-refractivity contribution in [3.05, 3.63) is 42.5 Å². The van der Waals surface area contributed by atoms with Crippen LogP contribution in [0.4, 0.5) is 24.7 Å². The monoisotopic (exact) mass is 377 g/mol. The summed E-state index contributed by atoms with van der Waals surface area (Å²) in [5.41, 5.74) is 6.92. The molecule has 27 heavy (non-hydrogen) atoms. The Bertz CT molecular complexity index is 955. The smallest absolute Gasteiger partial charge is 0.383 e. The highest BCUT2D eigenvalue weighted by atomic mass is 19.4. The van der Waals surface area contributed by atoms with E-state index in [1.807, 2.05) is 4.90 Å². The minimum absolute atomic E-state index is 0.349. The van der Waals surface area contributed by atoms with E-state index in [1.54, 1.807) is 12.4 Å². The van der Waals surface area contributed by atoms with E-state index in [-0.39, 0.29) is 0 Å². The molecule has 3 heterocycles. The van der Waals surface area contributed by atoms with Gasteiger partial charge < -0.3 is 20.9 Å². The molecular formula is C17H18F3N7. The number of alkyl halides is 3. The Morgan fingerprint density at radius 1 is 1.26 bits per heavy atom. The summed E-state index contributed by atoms with van der Waals surface area (Å²) in [6.45, 7) is 1.55. The maximum atomic E-state index is 12.8. The van der Waals surface area contributed by atoms with Gasteiger partial charge in [0.1, 0.15) is 11.8 Å². The highest BCUT2D eigenvalue weighted by Crippen LogP contribution is 2.31. The van der Waals surface area contributed by atoms with Crippen LogP contribution < -0.4 is 16.0 Å².